The molecule has 0 spiro atoms. The summed E-state index contributed by atoms with van der Waals surface area (Å²) < 4.78 is 6.41. The molecule has 0 saturated carbocycles. The molecule has 0 radical (unpaired) electrons. The van der Waals surface area contributed by atoms with Crippen LogP contribution in [-0.4, -0.2) is 31.6 Å². The number of ether oxygens (including phenoxy) is 1. The number of hydrogen-bond acceptors (Lipinski definition) is 4. The minimum Gasteiger partial charge on any atom is -0.381 e. The summed E-state index contributed by atoms with van der Waals surface area (Å²) in [5, 5.41) is 3.50. The predicted octanol–water partition coefficient (Wildman–Crippen LogP) is 3.98. The molecular formula is C15H24BrNO2S. The Labute approximate surface area is 134 Å². The van der Waals surface area contributed by atoms with Crippen LogP contribution < -0.4 is 5.32 Å². The summed E-state index contributed by atoms with van der Waals surface area (Å²) >= 11 is 5.09. The lowest BCUT2D eigenvalue weighted by Crippen LogP contribution is -2.38. The number of hydrogen-bond donors (Lipinski definition) is 1. The van der Waals surface area contributed by atoms with Crippen molar-refractivity contribution in [3.63, 3.8) is 0 Å². The first-order chi connectivity index (χ1) is 9.66. The second-order valence-corrected chi connectivity index (χ2v) is 7.09. The molecule has 1 atom stereocenters. The normalized spacial score (nSPS) is 17.2. The molecule has 1 saturated heterocycles. The third-order valence-electron chi connectivity index (χ3n) is 3.26. The molecule has 1 aromatic heterocycles. The van der Waals surface area contributed by atoms with Gasteiger partial charge < -0.3 is 10.1 Å². The van der Waals surface area contributed by atoms with Crippen LogP contribution in [0.4, 0.5) is 0 Å². The Hall–Kier alpha value is -0.230. The molecule has 1 aliphatic heterocycles. The molecule has 2 heterocycles. The van der Waals surface area contributed by atoms with Crippen LogP contribution in [0.5, 0.6) is 0 Å². The minimum atomic E-state index is -0.0239. The van der Waals surface area contributed by atoms with Crippen LogP contribution in [0.15, 0.2) is 15.9 Å². The van der Waals surface area contributed by atoms with Gasteiger partial charge in [0.1, 0.15) is 5.78 Å². The van der Waals surface area contributed by atoms with Gasteiger partial charge in [-0.15, -0.1) is 11.3 Å². The lowest BCUT2D eigenvalue weighted by Gasteiger charge is -2.25. The maximum absolute atomic E-state index is 11.8. The van der Waals surface area contributed by atoms with E-state index in [2.05, 4.69) is 21.2 Å². The van der Waals surface area contributed by atoms with E-state index in [1.807, 2.05) is 26.0 Å². The van der Waals surface area contributed by atoms with Gasteiger partial charge in [-0.05, 0) is 47.8 Å². The molecule has 114 valence electrons. The van der Waals surface area contributed by atoms with E-state index in [4.69, 9.17) is 4.74 Å². The fourth-order valence-electron chi connectivity index (χ4n) is 2.15. The number of carbonyl (C=O) groups excluding carboxylic acids is 1. The average Bonchev–Trinajstić information content (AvgIpc) is 2.88. The topological polar surface area (TPSA) is 38.3 Å². The van der Waals surface area contributed by atoms with Gasteiger partial charge in [-0.1, -0.05) is 13.8 Å². The van der Waals surface area contributed by atoms with Crippen LogP contribution in [0.1, 0.15) is 44.4 Å². The zero-order valence-corrected chi connectivity index (χ0v) is 14.9. The van der Waals surface area contributed by atoms with Gasteiger partial charge in [0, 0.05) is 30.7 Å². The molecular weight excluding hydrogens is 338 g/mol. The number of rotatable bonds is 5. The van der Waals surface area contributed by atoms with E-state index in [0.717, 1.165) is 41.3 Å². The Bertz CT molecular complexity index is 402. The van der Waals surface area contributed by atoms with Gasteiger partial charge >= 0.3 is 0 Å². The Morgan fingerprint density at radius 3 is 2.60 bits per heavy atom. The first-order valence-corrected chi connectivity index (χ1v) is 8.84. The zero-order chi connectivity index (χ0) is 15.0. The first-order valence-electron chi connectivity index (χ1n) is 7.23. The van der Waals surface area contributed by atoms with Gasteiger partial charge in [-0.25, -0.2) is 0 Å². The van der Waals surface area contributed by atoms with Crippen molar-refractivity contribution in [2.24, 2.45) is 0 Å². The second kappa shape index (κ2) is 9.66. The Morgan fingerprint density at radius 1 is 1.45 bits per heavy atom. The molecule has 20 heavy (non-hydrogen) atoms. The molecule has 3 nitrogen and oxygen atoms in total. The Kier molecular flexibility index (Phi) is 8.61. The van der Waals surface area contributed by atoms with Crippen LogP contribution in [-0.2, 0) is 9.53 Å². The summed E-state index contributed by atoms with van der Waals surface area (Å²) in [6.07, 6.45) is 2.08. The van der Waals surface area contributed by atoms with Crippen LogP contribution in [0.25, 0.3) is 0 Å². The van der Waals surface area contributed by atoms with Crippen molar-refractivity contribution in [1.29, 1.82) is 0 Å². The van der Waals surface area contributed by atoms with Gasteiger partial charge in [0.2, 0.25) is 0 Å². The molecule has 0 aliphatic carbocycles. The highest BCUT2D eigenvalue weighted by Crippen LogP contribution is 2.29. The summed E-state index contributed by atoms with van der Waals surface area (Å²) in [5.74, 6) is 0.202. The van der Waals surface area contributed by atoms with Crippen molar-refractivity contribution in [1.82, 2.24) is 5.32 Å². The smallest absolute Gasteiger partial charge is 0.139 e. The maximum atomic E-state index is 11.8. The van der Waals surface area contributed by atoms with Gasteiger partial charge in [-0.3, -0.25) is 4.79 Å². The molecule has 5 heteroatoms. The number of ketones is 1. The fourth-order valence-corrected chi connectivity index (χ4v) is 3.73. The van der Waals surface area contributed by atoms with Crippen molar-refractivity contribution in [3.8, 4) is 0 Å². The van der Waals surface area contributed by atoms with E-state index in [0.29, 0.717) is 6.04 Å². The number of Topliss-reactive ketones (excluding diaryl/α,β-unsaturated/α-hetero) is 1. The van der Waals surface area contributed by atoms with Crippen LogP contribution in [0, 0.1) is 0 Å². The van der Waals surface area contributed by atoms with Gasteiger partial charge in [-0.2, -0.15) is 0 Å². The van der Waals surface area contributed by atoms with Gasteiger partial charge in [0.25, 0.3) is 0 Å². The first kappa shape index (κ1) is 17.8. The molecule has 1 fully saturated rings. The highest BCUT2D eigenvalue weighted by molar-refractivity contribution is 9.11. The van der Waals surface area contributed by atoms with E-state index in [1.165, 1.54) is 0 Å². The maximum Gasteiger partial charge on any atom is 0.139 e. The Morgan fingerprint density at radius 2 is 2.10 bits per heavy atom. The number of nitrogens with one attached hydrogen (secondary N) is 1. The number of thiophene rings is 1. The molecule has 1 aliphatic rings. The van der Waals surface area contributed by atoms with E-state index in [1.54, 1.807) is 18.3 Å². The third-order valence-corrected chi connectivity index (χ3v) is 5.00. The van der Waals surface area contributed by atoms with E-state index in [-0.39, 0.29) is 11.7 Å². The molecule has 0 bridgehead atoms. The molecule has 1 unspecified atom stereocenters. The summed E-state index contributed by atoms with van der Waals surface area (Å²) in [5.41, 5.74) is 0. The van der Waals surface area contributed by atoms with Crippen molar-refractivity contribution < 1.29 is 9.53 Å². The third kappa shape index (κ3) is 5.64. The van der Waals surface area contributed by atoms with Crippen molar-refractivity contribution in [3.05, 3.63) is 20.8 Å². The average molecular weight is 362 g/mol. The monoisotopic (exact) mass is 361 g/mol. The summed E-state index contributed by atoms with van der Waals surface area (Å²) in [7, 11) is 0. The summed E-state index contributed by atoms with van der Waals surface area (Å²) in [6, 6.07) is 4.53. The number of halogens is 1. The lowest BCUT2D eigenvalue weighted by molar-refractivity contribution is -0.118. The largest absolute Gasteiger partial charge is 0.381 e. The highest BCUT2D eigenvalue weighted by atomic mass is 79.9. The van der Waals surface area contributed by atoms with Gasteiger partial charge in [0.15, 0.2) is 0 Å². The van der Waals surface area contributed by atoms with Crippen molar-refractivity contribution in [2.45, 2.75) is 45.6 Å². The van der Waals surface area contributed by atoms with Crippen molar-refractivity contribution >= 4 is 33.0 Å². The quantitative estimate of drug-likeness (QED) is 0.861. The zero-order valence-electron chi connectivity index (χ0n) is 12.4. The second-order valence-electron chi connectivity index (χ2n) is 4.60. The predicted molar refractivity (Wildman–Crippen MR) is 88.6 cm³/mol. The number of carbonyl (C=O) groups is 1. The summed E-state index contributed by atoms with van der Waals surface area (Å²) in [6.45, 7) is 8.05. The van der Waals surface area contributed by atoms with E-state index < -0.39 is 0 Å². The molecule has 1 aromatic rings. The Balaban J connectivity index is 0.000000956. The standard InChI is InChI=1S/C13H18BrNO2S.C2H6/c1-9(16)11(12-2-3-13(14)18-12)8-15-10-4-6-17-7-5-10;1-2/h2-3,10-11,15H,4-8H2,1H3;1-2H3. The van der Waals surface area contributed by atoms with E-state index >= 15 is 0 Å². The molecule has 0 aromatic carbocycles. The molecule has 1 N–H and O–H groups in total. The minimum absolute atomic E-state index is 0.0239. The van der Waals surface area contributed by atoms with Crippen molar-refractivity contribution in [2.75, 3.05) is 19.8 Å². The molecule has 0 amide bonds. The lowest BCUT2D eigenvalue weighted by atomic mass is 10.0. The van der Waals surface area contributed by atoms with Gasteiger partial charge in [0.05, 0.1) is 9.70 Å². The summed E-state index contributed by atoms with van der Waals surface area (Å²) in [4.78, 5) is 12.9. The SMILES string of the molecule is CC.CC(=O)C(CNC1CCOCC1)c1ccc(Br)s1. The highest BCUT2D eigenvalue weighted by Gasteiger charge is 2.21. The fraction of sp³-hybridized carbons (Fsp3) is 0.667. The van der Waals surface area contributed by atoms with E-state index in [9.17, 15) is 4.79 Å². The van der Waals surface area contributed by atoms with Crippen LogP contribution >= 0.6 is 27.3 Å². The molecule has 2 rings (SSSR count). The van der Waals surface area contributed by atoms with Crippen LogP contribution in [0.3, 0.4) is 0 Å². The van der Waals surface area contributed by atoms with Crippen LogP contribution in [0.2, 0.25) is 0 Å².